The number of amides is 1. The number of nitrogens with zero attached hydrogens (tertiary/aromatic N) is 1. The van der Waals surface area contributed by atoms with Crippen LogP contribution in [0.2, 0.25) is 0 Å². The Kier molecular flexibility index (Phi) is 6.00. The van der Waals surface area contributed by atoms with Crippen LogP contribution in [0, 0.1) is 0 Å². The predicted molar refractivity (Wildman–Crippen MR) is 108 cm³/mol. The molecule has 1 aliphatic heterocycles. The molecule has 0 bridgehead atoms. The number of esters is 1. The Bertz CT molecular complexity index is 984. The summed E-state index contributed by atoms with van der Waals surface area (Å²) in [5.74, 6) is -0.418. The van der Waals surface area contributed by atoms with Crippen LogP contribution in [0.5, 0.6) is 11.5 Å². The second kappa shape index (κ2) is 8.62. The van der Waals surface area contributed by atoms with Crippen LogP contribution in [0.25, 0.3) is 6.08 Å². The van der Waals surface area contributed by atoms with Crippen molar-refractivity contribution in [2.45, 2.75) is 6.92 Å². The van der Waals surface area contributed by atoms with Crippen molar-refractivity contribution < 1.29 is 24.2 Å². The normalized spacial score (nSPS) is 16.3. The van der Waals surface area contributed by atoms with Gasteiger partial charge in [-0.05, 0) is 54.6 Å². The number of amidine groups is 1. The highest BCUT2D eigenvalue weighted by atomic mass is 32.2. The van der Waals surface area contributed by atoms with Gasteiger partial charge in [-0.3, -0.25) is 4.79 Å². The van der Waals surface area contributed by atoms with E-state index >= 15 is 0 Å². The summed E-state index contributed by atoms with van der Waals surface area (Å²) in [5.41, 5.74) is 1.42. The molecule has 0 spiro atoms. The van der Waals surface area contributed by atoms with Crippen molar-refractivity contribution in [2.75, 3.05) is 13.7 Å². The number of aliphatic imine (C=N–C) groups is 1. The van der Waals surface area contributed by atoms with Gasteiger partial charge in [-0.1, -0.05) is 18.2 Å². The molecule has 1 amide bonds. The first-order valence-electron chi connectivity index (χ1n) is 8.44. The molecule has 7 nitrogen and oxygen atoms in total. The van der Waals surface area contributed by atoms with Gasteiger partial charge in [0, 0.05) is 0 Å². The van der Waals surface area contributed by atoms with E-state index in [1.165, 1.54) is 13.2 Å². The molecular formula is C20H18N2O5S. The van der Waals surface area contributed by atoms with Crippen molar-refractivity contribution in [1.82, 2.24) is 5.32 Å². The van der Waals surface area contributed by atoms with Gasteiger partial charge in [0.15, 0.2) is 16.7 Å². The zero-order chi connectivity index (χ0) is 20.1. The molecular weight excluding hydrogens is 380 g/mol. The van der Waals surface area contributed by atoms with E-state index in [1.807, 2.05) is 6.92 Å². The van der Waals surface area contributed by atoms with E-state index in [1.54, 1.807) is 42.5 Å². The zero-order valence-electron chi connectivity index (χ0n) is 15.3. The molecule has 1 aliphatic rings. The average Bonchev–Trinajstić information content (AvgIpc) is 3.03. The van der Waals surface area contributed by atoms with E-state index < -0.39 is 5.97 Å². The molecule has 0 aliphatic carbocycles. The third-order valence-corrected chi connectivity index (χ3v) is 4.67. The number of hydrogen-bond acceptors (Lipinski definition) is 7. The third kappa shape index (κ3) is 4.34. The molecule has 2 N–H and O–H groups in total. The molecule has 1 heterocycles. The summed E-state index contributed by atoms with van der Waals surface area (Å²) in [6, 6.07) is 11.6. The van der Waals surface area contributed by atoms with Crippen molar-refractivity contribution >= 4 is 40.6 Å². The van der Waals surface area contributed by atoms with Gasteiger partial charge in [-0.2, -0.15) is 0 Å². The lowest BCUT2D eigenvalue weighted by Gasteiger charge is -2.06. The lowest BCUT2D eigenvalue weighted by molar-refractivity contribution is -0.115. The van der Waals surface area contributed by atoms with Crippen LogP contribution in [0.1, 0.15) is 22.8 Å². The van der Waals surface area contributed by atoms with Gasteiger partial charge < -0.3 is 19.9 Å². The van der Waals surface area contributed by atoms with Crippen LogP contribution >= 0.6 is 11.8 Å². The Balaban J connectivity index is 1.87. The number of hydrogen-bond donors (Lipinski definition) is 2. The quantitative estimate of drug-likeness (QED) is 0.591. The van der Waals surface area contributed by atoms with Gasteiger partial charge >= 0.3 is 5.97 Å². The average molecular weight is 398 g/mol. The fourth-order valence-corrected chi connectivity index (χ4v) is 3.32. The topological polar surface area (TPSA) is 97.2 Å². The van der Waals surface area contributed by atoms with E-state index in [-0.39, 0.29) is 11.7 Å². The molecule has 28 heavy (non-hydrogen) atoms. The number of carbonyl (C=O) groups excluding carboxylic acids is 2. The van der Waals surface area contributed by atoms with E-state index in [2.05, 4.69) is 10.3 Å². The van der Waals surface area contributed by atoms with Crippen LogP contribution in [0.3, 0.4) is 0 Å². The highest BCUT2D eigenvalue weighted by molar-refractivity contribution is 8.18. The number of phenols is 1. The Morgan fingerprint density at radius 2 is 2.07 bits per heavy atom. The van der Waals surface area contributed by atoms with E-state index in [0.29, 0.717) is 39.2 Å². The van der Waals surface area contributed by atoms with Gasteiger partial charge in [-0.25, -0.2) is 9.79 Å². The van der Waals surface area contributed by atoms with Crippen molar-refractivity contribution in [3.63, 3.8) is 0 Å². The van der Waals surface area contributed by atoms with Gasteiger partial charge in [0.25, 0.3) is 5.91 Å². The fourth-order valence-electron chi connectivity index (χ4n) is 2.49. The number of aromatic hydroxyl groups is 1. The minimum Gasteiger partial charge on any atom is -0.504 e. The first-order valence-corrected chi connectivity index (χ1v) is 9.26. The summed E-state index contributed by atoms with van der Waals surface area (Å²) in [6.07, 6.45) is 1.68. The summed E-state index contributed by atoms with van der Waals surface area (Å²) in [4.78, 5) is 28.9. The molecule has 0 unspecified atom stereocenters. The maximum absolute atomic E-state index is 12.3. The SMILES string of the molecule is CCOc1cc(C=C2SC(=Nc3ccccc3C(=O)OC)NC2=O)ccc1O. The molecule has 2 aromatic rings. The fraction of sp³-hybridized carbons (Fsp3) is 0.150. The maximum atomic E-state index is 12.3. The van der Waals surface area contributed by atoms with Gasteiger partial charge in [0.1, 0.15) is 0 Å². The van der Waals surface area contributed by atoms with Gasteiger partial charge in [0.2, 0.25) is 0 Å². The highest BCUT2D eigenvalue weighted by Crippen LogP contribution is 2.32. The molecule has 0 saturated carbocycles. The number of ether oxygens (including phenoxy) is 2. The molecule has 0 atom stereocenters. The van der Waals surface area contributed by atoms with Crippen molar-refractivity contribution in [2.24, 2.45) is 4.99 Å². The number of para-hydroxylation sites is 1. The maximum Gasteiger partial charge on any atom is 0.340 e. The van der Waals surface area contributed by atoms with Crippen LogP contribution in [-0.4, -0.2) is 35.9 Å². The second-order valence-corrected chi connectivity index (χ2v) is 6.68. The molecule has 144 valence electrons. The minimum absolute atomic E-state index is 0.0363. The van der Waals surface area contributed by atoms with E-state index in [9.17, 15) is 14.7 Å². The lowest BCUT2D eigenvalue weighted by Crippen LogP contribution is -2.19. The summed E-state index contributed by atoms with van der Waals surface area (Å²) in [6.45, 7) is 2.24. The van der Waals surface area contributed by atoms with Crippen LogP contribution in [0.15, 0.2) is 52.4 Å². The molecule has 3 rings (SSSR count). The van der Waals surface area contributed by atoms with Crippen LogP contribution in [-0.2, 0) is 9.53 Å². The number of rotatable bonds is 5. The lowest BCUT2D eigenvalue weighted by atomic mass is 10.2. The number of methoxy groups -OCH3 is 1. The number of nitrogens with one attached hydrogen (secondary N) is 1. The highest BCUT2D eigenvalue weighted by Gasteiger charge is 2.24. The smallest absolute Gasteiger partial charge is 0.340 e. The zero-order valence-corrected chi connectivity index (χ0v) is 16.1. The summed E-state index contributed by atoms with van der Waals surface area (Å²) in [5, 5.41) is 12.8. The van der Waals surface area contributed by atoms with Crippen molar-refractivity contribution in [3.05, 3.63) is 58.5 Å². The molecule has 1 saturated heterocycles. The first-order chi connectivity index (χ1) is 13.5. The van der Waals surface area contributed by atoms with Gasteiger partial charge in [0.05, 0.1) is 29.9 Å². The summed E-state index contributed by atoms with van der Waals surface area (Å²) >= 11 is 1.15. The Labute approximate surface area is 166 Å². The number of carbonyl (C=O) groups is 2. The molecule has 2 aromatic carbocycles. The van der Waals surface area contributed by atoms with Crippen LogP contribution in [0.4, 0.5) is 5.69 Å². The molecule has 1 fully saturated rings. The summed E-state index contributed by atoms with van der Waals surface area (Å²) < 4.78 is 10.1. The summed E-state index contributed by atoms with van der Waals surface area (Å²) in [7, 11) is 1.30. The van der Waals surface area contributed by atoms with Crippen molar-refractivity contribution in [1.29, 1.82) is 0 Å². The second-order valence-electron chi connectivity index (χ2n) is 5.65. The van der Waals surface area contributed by atoms with E-state index in [0.717, 1.165) is 11.8 Å². The monoisotopic (exact) mass is 398 g/mol. The number of thioether (sulfide) groups is 1. The van der Waals surface area contributed by atoms with Crippen molar-refractivity contribution in [3.8, 4) is 11.5 Å². The van der Waals surface area contributed by atoms with Crippen LogP contribution < -0.4 is 10.1 Å². The Hall–Kier alpha value is -3.26. The first kappa shape index (κ1) is 19.5. The Morgan fingerprint density at radius 3 is 2.82 bits per heavy atom. The number of benzene rings is 2. The minimum atomic E-state index is -0.502. The predicted octanol–water partition coefficient (Wildman–Crippen LogP) is 3.47. The number of phenolic OH excluding ortho intramolecular Hbond substituents is 1. The standard InChI is InChI=1S/C20H18N2O5S/c1-3-27-16-10-12(8-9-15(16)23)11-17-18(24)22-20(28-17)21-14-7-5-4-6-13(14)19(25)26-2/h4-11,23H,3H2,1-2H3,(H,21,22,24). The molecule has 8 heteroatoms. The van der Waals surface area contributed by atoms with E-state index in [4.69, 9.17) is 9.47 Å². The largest absolute Gasteiger partial charge is 0.504 e. The third-order valence-electron chi connectivity index (χ3n) is 3.76. The Morgan fingerprint density at radius 1 is 1.29 bits per heavy atom. The molecule has 0 radical (unpaired) electrons. The molecule has 0 aromatic heterocycles. The van der Waals surface area contributed by atoms with Gasteiger partial charge in [-0.15, -0.1) is 0 Å².